The molecule has 8 heteroatoms. The van der Waals surface area contributed by atoms with Crippen LogP contribution in [-0.4, -0.2) is 58.5 Å². The number of anilines is 1. The first kappa shape index (κ1) is 20.1. The molecule has 1 aromatic rings. The fourth-order valence-electron chi connectivity index (χ4n) is 3.62. The Morgan fingerprint density at radius 1 is 1.22 bits per heavy atom. The quantitative estimate of drug-likeness (QED) is 0.731. The predicted octanol–water partition coefficient (Wildman–Crippen LogP) is 1.50. The van der Waals surface area contributed by atoms with Gasteiger partial charge < -0.3 is 15.0 Å². The lowest BCUT2D eigenvalue weighted by atomic mass is 10.0. The summed E-state index contributed by atoms with van der Waals surface area (Å²) in [5.74, 6) is 0.0101. The predicted molar refractivity (Wildman–Crippen MR) is 106 cm³/mol. The van der Waals surface area contributed by atoms with Crippen LogP contribution in [0, 0.1) is 0 Å². The molecular weight excluding hydrogens is 366 g/mol. The molecule has 27 heavy (non-hydrogen) atoms. The minimum absolute atomic E-state index is 0.0355. The summed E-state index contributed by atoms with van der Waals surface area (Å²) in [7, 11) is -3.18. The normalized spacial score (nSPS) is 21.4. The molecular formula is C19H29N3O4S. The molecule has 0 saturated carbocycles. The van der Waals surface area contributed by atoms with Crippen molar-refractivity contribution in [2.75, 3.05) is 36.9 Å². The molecule has 0 unspecified atom stereocenters. The summed E-state index contributed by atoms with van der Waals surface area (Å²) >= 11 is 0. The first-order valence-electron chi connectivity index (χ1n) is 9.72. The zero-order valence-electron chi connectivity index (χ0n) is 15.8. The second-order valence-electron chi connectivity index (χ2n) is 7.14. The Morgan fingerprint density at radius 3 is 2.63 bits per heavy atom. The van der Waals surface area contributed by atoms with Gasteiger partial charge in [0.2, 0.25) is 10.0 Å². The molecule has 2 N–H and O–H groups in total. The zero-order chi connectivity index (χ0) is 19.3. The van der Waals surface area contributed by atoms with Crippen molar-refractivity contribution in [3.63, 3.8) is 0 Å². The molecule has 0 spiro atoms. The third-order valence-corrected chi connectivity index (χ3v) is 6.68. The number of sulfonamides is 1. The number of hydrogen-bond acceptors (Lipinski definition) is 5. The van der Waals surface area contributed by atoms with Gasteiger partial charge in [-0.1, -0.05) is 12.1 Å². The van der Waals surface area contributed by atoms with Crippen LogP contribution in [0.2, 0.25) is 0 Å². The van der Waals surface area contributed by atoms with Gasteiger partial charge >= 0.3 is 0 Å². The first-order chi connectivity index (χ1) is 13.0. The van der Waals surface area contributed by atoms with Crippen LogP contribution < -0.4 is 14.9 Å². The van der Waals surface area contributed by atoms with E-state index in [1.165, 1.54) is 0 Å². The van der Waals surface area contributed by atoms with Crippen LogP contribution in [0.25, 0.3) is 0 Å². The van der Waals surface area contributed by atoms with E-state index < -0.39 is 10.0 Å². The summed E-state index contributed by atoms with van der Waals surface area (Å²) < 4.78 is 31.8. The van der Waals surface area contributed by atoms with Gasteiger partial charge in [0.05, 0.1) is 17.4 Å². The molecule has 7 nitrogen and oxygen atoms in total. The van der Waals surface area contributed by atoms with Crippen LogP contribution in [0.1, 0.15) is 43.0 Å². The Labute approximate surface area is 161 Å². The van der Waals surface area contributed by atoms with E-state index in [1.807, 2.05) is 24.3 Å². The van der Waals surface area contributed by atoms with Gasteiger partial charge in [-0.25, -0.2) is 13.1 Å². The van der Waals surface area contributed by atoms with E-state index in [4.69, 9.17) is 4.74 Å². The van der Waals surface area contributed by atoms with Crippen molar-refractivity contribution in [1.82, 2.24) is 10.0 Å². The molecule has 1 amide bonds. The third kappa shape index (κ3) is 5.43. The van der Waals surface area contributed by atoms with Crippen molar-refractivity contribution in [1.29, 1.82) is 0 Å². The molecule has 1 atom stereocenters. The van der Waals surface area contributed by atoms with E-state index in [1.54, 1.807) is 6.92 Å². The molecule has 2 aliphatic rings. The maximum Gasteiger partial charge on any atom is 0.253 e. The Hall–Kier alpha value is -1.64. The van der Waals surface area contributed by atoms with Crippen LogP contribution in [0.5, 0.6) is 0 Å². The van der Waals surface area contributed by atoms with Gasteiger partial charge in [-0.05, 0) is 44.7 Å². The van der Waals surface area contributed by atoms with E-state index >= 15 is 0 Å². The highest BCUT2D eigenvalue weighted by Gasteiger charge is 2.25. The highest BCUT2D eigenvalue weighted by atomic mass is 32.2. The van der Waals surface area contributed by atoms with Crippen LogP contribution in [0.4, 0.5) is 5.69 Å². The molecule has 1 aromatic carbocycles. The molecule has 0 aliphatic carbocycles. The summed E-state index contributed by atoms with van der Waals surface area (Å²) in [6.07, 6.45) is 3.61. The lowest BCUT2D eigenvalue weighted by Crippen LogP contribution is -2.45. The monoisotopic (exact) mass is 395 g/mol. The Kier molecular flexibility index (Phi) is 6.73. The number of hydrogen-bond donors (Lipinski definition) is 2. The lowest BCUT2D eigenvalue weighted by molar-refractivity contribution is 0.0858. The third-order valence-electron chi connectivity index (χ3n) is 5.22. The van der Waals surface area contributed by atoms with Gasteiger partial charge in [0, 0.05) is 38.0 Å². The van der Waals surface area contributed by atoms with Crippen LogP contribution >= 0.6 is 0 Å². The van der Waals surface area contributed by atoms with Gasteiger partial charge in [0.15, 0.2) is 0 Å². The molecule has 2 fully saturated rings. The standard InChI is InChI=1S/C19H29N3O4S/c1-2-27(24,25)21-15-9-11-22(12-10-15)18-8-4-3-7-17(18)19(23)20-14-16-6-5-13-26-16/h3-4,7-8,15-16,21H,2,5-6,9-14H2,1H3,(H,20,23)/t16-/m0/s1. The largest absolute Gasteiger partial charge is 0.376 e. The number of carbonyl (C=O) groups excluding carboxylic acids is 1. The maximum absolute atomic E-state index is 12.7. The molecule has 2 saturated heterocycles. The fourth-order valence-corrected chi connectivity index (χ4v) is 4.53. The molecule has 0 radical (unpaired) electrons. The van der Waals surface area contributed by atoms with E-state index in [-0.39, 0.29) is 23.8 Å². The van der Waals surface area contributed by atoms with Crippen LogP contribution in [-0.2, 0) is 14.8 Å². The van der Waals surface area contributed by atoms with Crippen molar-refractivity contribution >= 4 is 21.6 Å². The first-order valence-corrected chi connectivity index (χ1v) is 11.4. The number of para-hydroxylation sites is 1. The number of amides is 1. The number of nitrogens with one attached hydrogen (secondary N) is 2. The fraction of sp³-hybridized carbons (Fsp3) is 0.632. The SMILES string of the molecule is CCS(=O)(=O)NC1CCN(c2ccccc2C(=O)NC[C@@H]2CCCO2)CC1. The van der Waals surface area contributed by atoms with Crippen molar-refractivity contribution in [3.05, 3.63) is 29.8 Å². The average molecular weight is 396 g/mol. The maximum atomic E-state index is 12.7. The highest BCUT2D eigenvalue weighted by molar-refractivity contribution is 7.89. The Morgan fingerprint density at radius 2 is 1.96 bits per heavy atom. The summed E-state index contributed by atoms with van der Waals surface area (Å²) in [5, 5.41) is 2.99. The van der Waals surface area contributed by atoms with Crippen LogP contribution in [0.15, 0.2) is 24.3 Å². The summed E-state index contributed by atoms with van der Waals surface area (Å²) in [4.78, 5) is 14.8. The second kappa shape index (κ2) is 9.03. The highest BCUT2D eigenvalue weighted by Crippen LogP contribution is 2.24. The van der Waals surface area contributed by atoms with E-state index in [0.29, 0.717) is 25.2 Å². The summed E-state index contributed by atoms with van der Waals surface area (Å²) in [5.41, 5.74) is 1.56. The minimum atomic E-state index is -3.18. The van der Waals surface area contributed by atoms with Gasteiger partial charge in [-0.2, -0.15) is 0 Å². The molecule has 150 valence electrons. The number of nitrogens with zero attached hydrogens (tertiary/aromatic N) is 1. The van der Waals surface area contributed by atoms with Crippen molar-refractivity contribution in [2.45, 2.75) is 44.8 Å². The number of ether oxygens (including phenoxy) is 1. The van der Waals surface area contributed by atoms with Gasteiger partial charge in [0.1, 0.15) is 0 Å². The molecule has 2 aliphatic heterocycles. The van der Waals surface area contributed by atoms with Crippen molar-refractivity contribution in [2.24, 2.45) is 0 Å². The topological polar surface area (TPSA) is 87.7 Å². The lowest BCUT2D eigenvalue weighted by Gasteiger charge is -2.34. The Balaban J connectivity index is 1.60. The number of carbonyl (C=O) groups is 1. The Bertz CT molecular complexity index is 739. The van der Waals surface area contributed by atoms with Gasteiger partial charge in [-0.15, -0.1) is 0 Å². The minimum Gasteiger partial charge on any atom is -0.376 e. The average Bonchev–Trinajstić information content (AvgIpc) is 3.20. The summed E-state index contributed by atoms with van der Waals surface area (Å²) in [6, 6.07) is 7.56. The number of rotatable bonds is 7. The van der Waals surface area contributed by atoms with E-state index in [0.717, 1.165) is 38.0 Å². The van der Waals surface area contributed by atoms with Gasteiger partial charge in [-0.3, -0.25) is 4.79 Å². The smallest absolute Gasteiger partial charge is 0.253 e. The van der Waals surface area contributed by atoms with E-state index in [2.05, 4.69) is 14.9 Å². The zero-order valence-corrected chi connectivity index (χ0v) is 16.6. The number of piperidine rings is 1. The van der Waals surface area contributed by atoms with Crippen molar-refractivity contribution in [3.8, 4) is 0 Å². The summed E-state index contributed by atoms with van der Waals surface area (Å²) in [6.45, 7) is 4.38. The van der Waals surface area contributed by atoms with Crippen molar-refractivity contribution < 1.29 is 17.9 Å². The van der Waals surface area contributed by atoms with Crippen LogP contribution in [0.3, 0.4) is 0 Å². The molecule has 3 rings (SSSR count). The molecule has 0 bridgehead atoms. The van der Waals surface area contributed by atoms with E-state index in [9.17, 15) is 13.2 Å². The van der Waals surface area contributed by atoms with Gasteiger partial charge in [0.25, 0.3) is 5.91 Å². The molecule has 0 aromatic heterocycles. The second-order valence-corrected chi connectivity index (χ2v) is 9.19. The molecule has 2 heterocycles. The number of benzene rings is 1.